The molecular weight excluding hydrogens is 504 g/mol. The van der Waals surface area contributed by atoms with Crippen molar-refractivity contribution in [2.24, 2.45) is 5.92 Å². The van der Waals surface area contributed by atoms with Crippen molar-refractivity contribution >= 4 is 11.9 Å². The largest absolute Gasteiger partial charge is 0.493 e. The monoisotopic (exact) mass is 544 g/mol. The van der Waals surface area contributed by atoms with E-state index in [4.69, 9.17) is 14.2 Å². The summed E-state index contributed by atoms with van der Waals surface area (Å²) in [5.41, 5.74) is 2.39. The molecule has 2 saturated carbocycles. The van der Waals surface area contributed by atoms with Gasteiger partial charge in [0, 0.05) is 32.5 Å². The summed E-state index contributed by atoms with van der Waals surface area (Å²) in [6, 6.07) is 14.4. The van der Waals surface area contributed by atoms with Crippen molar-refractivity contribution in [3.8, 4) is 11.5 Å². The van der Waals surface area contributed by atoms with E-state index >= 15 is 0 Å². The van der Waals surface area contributed by atoms with Crippen LogP contribution in [0.1, 0.15) is 62.1 Å². The number of carbonyl (C=O) groups is 2. The maximum Gasteiger partial charge on any atom is 0.303 e. The SMILES string of the molecule is COc1ccc2c3c1O[C@H]1[C@@H](N(C)C(=O)CCc4ccccc4)CC[C@@]4(OC(C)=O)[C@@H](C2)N(CC2CC2)CC[C@]314. The minimum atomic E-state index is -0.689. The van der Waals surface area contributed by atoms with Crippen LogP contribution in [0.5, 0.6) is 11.5 Å². The number of aryl methyl sites for hydroxylation is 1. The van der Waals surface area contributed by atoms with E-state index in [1.165, 1.54) is 18.4 Å². The molecule has 0 unspecified atom stereocenters. The summed E-state index contributed by atoms with van der Waals surface area (Å²) >= 11 is 0. The molecule has 5 atom stereocenters. The number of nitrogens with zero attached hydrogens (tertiary/aromatic N) is 2. The van der Waals surface area contributed by atoms with E-state index in [-0.39, 0.29) is 30.1 Å². The zero-order chi connectivity index (χ0) is 27.6. The van der Waals surface area contributed by atoms with E-state index in [0.29, 0.717) is 12.8 Å². The van der Waals surface area contributed by atoms with Gasteiger partial charge < -0.3 is 19.1 Å². The number of hydrogen-bond donors (Lipinski definition) is 0. The van der Waals surface area contributed by atoms with Crippen LogP contribution in [0.2, 0.25) is 0 Å². The van der Waals surface area contributed by atoms with Crippen molar-refractivity contribution < 1.29 is 23.8 Å². The Morgan fingerprint density at radius 3 is 2.62 bits per heavy atom. The highest BCUT2D eigenvalue weighted by molar-refractivity contribution is 5.77. The first-order valence-electron chi connectivity index (χ1n) is 15.0. The number of rotatable bonds is 8. The van der Waals surface area contributed by atoms with Gasteiger partial charge in [-0.2, -0.15) is 0 Å². The van der Waals surface area contributed by atoms with Crippen molar-refractivity contribution in [3.05, 3.63) is 59.2 Å². The molecule has 7 nitrogen and oxygen atoms in total. The molecule has 7 heteroatoms. The molecule has 1 amide bonds. The van der Waals surface area contributed by atoms with Crippen molar-refractivity contribution in [2.45, 2.75) is 87.5 Å². The summed E-state index contributed by atoms with van der Waals surface area (Å²) in [5, 5.41) is 0. The van der Waals surface area contributed by atoms with Gasteiger partial charge in [-0.1, -0.05) is 36.4 Å². The number of esters is 1. The van der Waals surface area contributed by atoms with Gasteiger partial charge >= 0.3 is 5.97 Å². The minimum Gasteiger partial charge on any atom is -0.493 e. The first-order valence-corrected chi connectivity index (χ1v) is 15.0. The quantitative estimate of drug-likeness (QED) is 0.462. The Bertz CT molecular complexity index is 1330. The van der Waals surface area contributed by atoms with E-state index in [9.17, 15) is 9.59 Å². The third-order valence-corrected chi connectivity index (χ3v) is 10.6. The topological polar surface area (TPSA) is 68.3 Å². The molecule has 7 rings (SSSR count). The third kappa shape index (κ3) is 3.73. The van der Waals surface area contributed by atoms with Gasteiger partial charge in [-0.15, -0.1) is 0 Å². The maximum absolute atomic E-state index is 13.6. The summed E-state index contributed by atoms with van der Waals surface area (Å²) in [6.45, 7) is 3.55. The van der Waals surface area contributed by atoms with Gasteiger partial charge in [0.15, 0.2) is 11.5 Å². The Morgan fingerprint density at radius 1 is 1.10 bits per heavy atom. The van der Waals surface area contributed by atoms with Gasteiger partial charge in [-0.25, -0.2) is 0 Å². The van der Waals surface area contributed by atoms with E-state index in [0.717, 1.165) is 67.3 Å². The Kier molecular flexibility index (Phi) is 6.15. The van der Waals surface area contributed by atoms with Gasteiger partial charge in [-0.05, 0) is 74.6 Å². The third-order valence-electron chi connectivity index (χ3n) is 10.6. The van der Waals surface area contributed by atoms with E-state index in [2.05, 4.69) is 23.1 Å². The molecule has 0 N–H and O–H groups in total. The second-order valence-corrected chi connectivity index (χ2v) is 12.6. The molecule has 212 valence electrons. The molecule has 40 heavy (non-hydrogen) atoms. The van der Waals surface area contributed by atoms with Crippen LogP contribution in [0.3, 0.4) is 0 Å². The normalized spacial score (nSPS) is 31.6. The second-order valence-electron chi connectivity index (χ2n) is 12.6. The van der Waals surface area contributed by atoms with Crippen LogP contribution in [0.4, 0.5) is 0 Å². The van der Waals surface area contributed by atoms with Crippen LogP contribution in [-0.2, 0) is 32.6 Å². The van der Waals surface area contributed by atoms with Crippen molar-refractivity contribution in [1.29, 1.82) is 0 Å². The average molecular weight is 545 g/mol. The summed E-state index contributed by atoms with van der Waals surface area (Å²) in [5.74, 6) is 2.14. The Hall–Kier alpha value is -3.06. The number of amides is 1. The summed E-state index contributed by atoms with van der Waals surface area (Å²) in [6.07, 6.45) is 6.55. The Labute approximate surface area is 236 Å². The highest BCUT2D eigenvalue weighted by atomic mass is 16.6. The molecular formula is C33H40N2O5. The zero-order valence-electron chi connectivity index (χ0n) is 23.9. The summed E-state index contributed by atoms with van der Waals surface area (Å²) in [4.78, 5) is 31.0. The lowest BCUT2D eigenvalue weighted by Gasteiger charge is -2.65. The predicted molar refractivity (Wildman–Crippen MR) is 151 cm³/mol. The molecule has 2 bridgehead atoms. The first kappa shape index (κ1) is 25.9. The molecule has 2 heterocycles. The molecule has 1 spiro atoms. The highest BCUT2D eigenvalue weighted by Gasteiger charge is 2.75. The Balaban J connectivity index is 1.29. The molecule has 1 saturated heterocycles. The highest BCUT2D eigenvalue weighted by Crippen LogP contribution is 2.67. The van der Waals surface area contributed by atoms with Crippen LogP contribution in [0.15, 0.2) is 42.5 Å². The summed E-state index contributed by atoms with van der Waals surface area (Å²) < 4.78 is 19.4. The lowest BCUT2D eigenvalue weighted by Crippen LogP contribution is -2.79. The van der Waals surface area contributed by atoms with Gasteiger partial charge in [-0.3, -0.25) is 14.5 Å². The molecule has 3 aliphatic carbocycles. The number of methoxy groups -OCH3 is 1. The van der Waals surface area contributed by atoms with Crippen LogP contribution >= 0.6 is 0 Å². The van der Waals surface area contributed by atoms with Crippen LogP contribution in [0, 0.1) is 5.92 Å². The van der Waals surface area contributed by atoms with E-state index < -0.39 is 11.0 Å². The van der Waals surface area contributed by atoms with Crippen molar-refractivity contribution in [3.63, 3.8) is 0 Å². The number of benzene rings is 2. The first-order chi connectivity index (χ1) is 19.4. The smallest absolute Gasteiger partial charge is 0.303 e. The molecule has 2 aliphatic heterocycles. The number of likely N-dealkylation sites (tertiary alicyclic amines) is 1. The molecule has 0 aromatic heterocycles. The molecule has 2 aromatic rings. The lowest BCUT2D eigenvalue weighted by molar-refractivity contribution is -0.223. The average Bonchev–Trinajstić information content (AvgIpc) is 3.70. The van der Waals surface area contributed by atoms with E-state index in [1.807, 2.05) is 36.2 Å². The van der Waals surface area contributed by atoms with Crippen LogP contribution in [-0.4, -0.2) is 72.7 Å². The Morgan fingerprint density at radius 2 is 1.90 bits per heavy atom. The lowest BCUT2D eigenvalue weighted by atomic mass is 9.48. The minimum absolute atomic E-state index is 0.101. The molecule has 5 aliphatic rings. The fraction of sp³-hybridized carbons (Fsp3) is 0.576. The molecule has 3 fully saturated rings. The fourth-order valence-electron chi connectivity index (χ4n) is 8.69. The second kappa shape index (κ2) is 9.51. The van der Waals surface area contributed by atoms with Gasteiger partial charge in [0.2, 0.25) is 5.91 Å². The standard InChI is InChI=1S/C33H40N2O5/c1-21(36)40-33-16-15-25(34(2)28(37)14-11-22-7-5-4-6-8-22)31-32(33)17-18-35(20-23-9-10-23)27(33)19-24-12-13-26(38-3)30(39-31)29(24)32/h4-8,12-13,23,25,27,31H,9-11,14-20H2,1-3H3/t25-,27+,31-,32-,33+/m0/s1. The predicted octanol–water partition coefficient (Wildman–Crippen LogP) is 4.29. The summed E-state index contributed by atoms with van der Waals surface area (Å²) in [7, 11) is 3.61. The number of likely N-dealkylation sites (N-methyl/N-ethyl adjacent to an activating group) is 1. The van der Waals surface area contributed by atoms with Crippen molar-refractivity contribution in [1.82, 2.24) is 9.80 Å². The van der Waals surface area contributed by atoms with Crippen molar-refractivity contribution in [2.75, 3.05) is 27.2 Å². The van der Waals surface area contributed by atoms with Gasteiger partial charge in [0.05, 0.1) is 24.6 Å². The molecule has 2 aromatic carbocycles. The number of ether oxygens (including phenoxy) is 3. The number of carbonyl (C=O) groups excluding carboxylic acids is 2. The molecule has 0 radical (unpaired) electrons. The zero-order valence-corrected chi connectivity index (χ0v) is 23.9. The van der Waals surface area contributed by atoms with Gasteiger partial charge in [0.1, 0.15) is 11.7 Å². The fourth-order valence-corrected chi connectivity index (χ4v) is 8.69. The number of hydrogen-bond acceptors (Lipinski definition) is 6. The van der Waals surface area contributed by atoms with Crippen LogP contribution < -0.4 is 9.47 Å². The van der Waals surface area contributed by atoms with E-state index in [1.54, 1.807) is 14.0 Å². The maximum atomic E-state index is 13.6. The number of piperidine rings is 1. The van der Waals surface area contributed by atoms with Crippen LogP contribution in [0.25, 0.3) is 0 Å². The van der Waals surface area contributed by atoms with Gasteiger partial charge in [0.25, 0.3) is 0 Å².